The normalized spacial score (nSPS) is 26.9. The Morgan fingerprint density at radius 2 is 1.29 bits per heavy atom. The average Bonchev–Trinajstić information content (AvgIpc) is 2.71. The Morgan fingerprint density at radius 3 is 1.68 bits per heavy atom. The molecule has 9 heteroatoms. The molecule has 0 saturated heterocycles. The molecule has 0 spiro atoms. The van der Waals surface area contributed by atoms with Crippen LogP contribution in [0.3, 0.4) is 0 Å². The van der Waals surface area contributed by atoms with Crippen molar-refractivity contribution in [3.05, 3.63) is 29.3 Å². The molecule has 2 aliphatic rings. The zero-order valence-electron chi connectivity index (χ0n) is 17.3. The van der Waals surface area contributed by atoms with Crippen molar-refractivity contribution in [2.75, 3.05) is 6.86 Å². The summed E-state index contributed by atoms with van der Waals surface area (Å²) in [6.07, 6.45) is 0.106. The van der Waals surface area contributed by atoms with Gasteiger partial charge in [-0.05, 0) is 79.9 Å². The lowest BCUT2D eigenvalue weighted by Crippen LogP contribution is -2.24. The second kappa shape index (κ2) is 11.4. The molecule has 0 atom stereocenters. The lowest BCUT2D eigenvalue weighted by molar-refractivity contribution is -0.219. The summed E-state index contributed by atoms with van der Waals surface area (Å²) in [5, 5.41) is 0. The SMILES string of the molecule is CC1CCC(C2CCC(c3cc(F)c(OCF)c(F)c3)CC2)CC1.FC(F)C(F)(F)F. The Morgan fingerprint density at radius 1 is 0.871 bits per heavy atom. The second-order valence-corrected chi connectivity index (χ2v) is 8.54. The Hall–Kier alpha value is -1.54. The average molecular weight is 460 g/mol. The highest BCUT2D eigenvalue weighted by Gasteiger charge is 2.40. The van der Waals surface area contributed by atoms with Crippen LogP contribution in [0.4, 0.5) is 35.1 Å². The smallest absolute Gasteiger partial charge is 0.450 e. The van der Waals surface area contributed by atoms with Crippen LogP contribution in [0.2, 0.25) is 0 Å². The quantitative estimate of drug-likeness (QED) is 0.412. The van der Waals surface area contributed by atoms with Crippen LogP contribution in [0.1, 0.15) is 69.8 Å². The monoisotopic (exact) mass is 460 g/mol. The third kappa shape index (κ3) is 7.52. The van der Waals surface area contributed by atoms with E-state index in [1.807, 2.05) is 0 Å². The Kier molecular flexibility index (Phi) is 9.43. The first-order valence-corrected chi connectivity index (χ1v) is 10.6. The fraction of sp³-hybridized carbons (Fsp3) is 0.727. The summed E-state index contributed by atoms with van der Waals surface area (Å²) >= 11 is 0. The number of alkyl halides is 6. The molecule has 1 aromatic rings. The lowest BCUT2D eigenvalue weighted by atomic mass is 9.68. The third-order valence-electron chi connectivity index (χ3n) is 6.44. The maximum absolute atomic E-state index is 13.9. The van der Waals surface area contributed by atoms with Crippen LogP contribution >= 0.6 is 0 Å². The van der Waals surface area contributed by atoms with Gasteiger partial charge in [-0.25, -0.2) is 22.0 Å². The maximum Gasteiger partial charge on any atom is 0.450 e. The number of benzene rings is 1. The molecule has 0 aliphatic heterocycles. The van der Waals surface area contributed by atoms with E-state index in [0.717, 1.165) is 43.4 Å². The summed E-state index contributed by atoms with van der Waals surface area (Å²) in [7, 11) is 0. The Bertz CT molecular complexity index is 652. The molecule has 2 fully saturated rings. The van der Waals surface area contributed by atoms with Crippen molar-refractivity contribution in [1.29, 1.82) is 0 Å². The standard InChI is InChI=1S/C20H27F3O.C2HF5/c1-13-2-4-14(5-3-13)15-6-8-16(9-7-15)17-10-18(22)20(24-12-21)19(23)11-17;3-1(4)2(5,6)7/h10-11,13-16H,2-9,12H2,1H3;1H. The van der Waals surface area contributed by atoms with Gasteiger partial charge in [0, 0.05) is 0 Å². The summed E-state index contributed by atoms with van der Waals surface area (Å²) in [6, 6.07) is 2.64. The Balaban J connectivity index is 0.000000423. The number of halogens is 8. The Labute approximate surface area is 177 Å². The number of rotatable bonds is 4. The fourth-order valence-electron chi connectivity index (χ4n) is 4.69. The van der Waals surface area contributed by atoms with Gasteiger partial charge in [-0.3, -0.25) is 0 Å². The van der Waals surface area contributed by atoms with Gasteiger partial charge < -0.3 is 4.74 Å². The van der Waals surface area contributed by atoms with Gasteiger partial charge >= 0.3 is 12.6 Å². The van der Waals surface area contributed by atoms with Gasteiger partial charge in [0.25, 0.3) is 0 Å². The van der Waals surface area contributed by atoms with E-state index in [1.54, 1.807) is 0 Å². The summed E-state index contributed by atoms with van der Waals surface area (Å²) in [5.74, 6) is 0.484. The molecule has 1 nitrogen and oxygen atoms in total. The van der Waals surface area contributed by atoms with Crippen LogP contribution in [-0.2, 0) is 0 Å². The van der Waals surface area contributed by atoms with Crippen molar-refractivity contribution in [3.8, 4) is 5.75 Å². The first-order chi connectivity index (χ1) is 14.5. The third-order valence-corrected chi connectivity index (χ3v) is 6.44. The molecule has 31 heavy (non-hydrogen) atoms. The molecular formula is C22H28F8O. The molecule has 0 N–H and O–H groups in total. The van der Waals surface area contributed by atoms with Gasteiger partial charge in [-0.1, -0.05) is 19.8 Å². The van der Waals surface area contributed by atoms with Crippen LogP contribution in [0.25, 0.3) is 0 Å². The van der Waals surface area contributed by atoms with Gasteiger partial charge in [-0.2, -0.15) is 13.2 Å². The molecule has 178 valence electrons. The van der Waals surface area contributed by atoms with Crippen LogP contribution in [0.5, 0.6) is 5.75 Å². The van der Waals surface area contributed by atoms with Crippen molar-refractivity contribution in [2.45, 2.75) is 76.8 Å². The van der Waals surface area contributed by atoms with Gasteiger partial charge in [0.15, 0.2) is 17.4 Å². The highest BCUT2D eigenvalue weighted by Crippen LogP contribution is 2.44. The molecule has 1 aromatic carbocycles. The van der Waals surface area contributed by atoms with Crippen molar-refractivity contribution in [3.63, 3.8) is 0 Å². The fourth-order valence-corrected chi connectivity index (χ4v) is 4.69. The van der Waals surface area contributed by atoms with Crippen LogP contribution in [0.15, 0.2) is 12.1 Å². The summed E-state index contributed by atoms with van der Waals surface area (Å²) in [5.41, 5.74) is 0.687. The lowest BCUT2D eigenvalue weighted by Gasteiger charge is -2.37. The highest BCUT2D eigenvalue weighted by atomic mass is 19.4. The summed E-state index contributed by atoms with van der Waals surface area (Å²) in [4.78, 5) is 0. The van der Waals surface area contributed by atoms with Crippen molar-refractivity contribution in [2.24, 2.45) is 17.8 Å². The zero-order valence-corrected chi connectivity index (χ0v) is 17.3. The van der Waals surface area contributed by atoms with E-state index in [1.165, 1.54) is 37.8 Å². The molecule has 0 amide bonds. The molecule has 0 radical (unpaired) electrons. The van der Waals surface area contributed by atoms with E-state index < -0.39 is 36.8 Å². The van der Waals surface area contributed by atoms with E-state index in [-0.39, 0.29) is 5.92 Å². The number of ether oxygens (including phenoxy) is 1. The largest absolute Gasteiger partial charge is 0.457 e. The molecular weight excluding hydrogens is 432 g/mol. The number of hydrogen-bond donors (Lipinski definition) is 0. The predicted molar refractivity (Wildman–Crippen MR) is 101 cm³/mol. The van der Waals surface area contributed by atoms with E-state index in [9.17, 15) is 35.1 Å². The van der Waals surface area contributed by atoms with E-state index in [0.29, 0.717) is 5.56 Å². The molecule has 2 aliphatic carbocycles. The molecule has 0 bridgehead atoms. The summed E-state index contributed by atoms with van der Waals surface area (Å²) in [6.45, 7) is 1.12. The molecule has 0 aromatic heterocycles. The van der Waals surface area contributed by atoms with Gasteiger partial charge in [0.05, 0.1) is 0 Å². The van der Waals surface area contributed by atoms with E-state index in [2.05, 4.69) is 11.7 Å². The first-order valence-electron chi connectivity index (χ1n) is 10.6. The van der Waals surface area contributed by atoms with Gasteiger partial charge in [0.2, 0.25) is 6.86 Å². The first kappa shape index (κ1) is 25.7. The molecule has 3 rings (SSSR count). The topological polar surface area (TPSA) is 9.23 Å². The van der Waals surface area contributed by atoms with E-state index in [4.69, 9.17) is 0 Å². The van der Waals surface area contributed by atoms with Gasteiger partial charge in [0.1, 0.15) is 0 Å². The van der Waals surface area contributed by atoms with Crippen molar-refractivity contribution >= 4 is 0 Å². The van der Waals surface area contributed by atoms with E-state index >= 15 is 0 Å². The maximum atomic E-state index is 13.9. The van der Waals surface area contributed by atoms with Crippen molar-refractivity contribution < 1.29 is 39.9 Å². The van der Waals surface area contributed by atoms with Crippen molar-refractivity contribution in [1.82, 2.24) is 0 Å². The predicted octanol–water partition coefficient (Wildman–Crippen LogP) is 8.18. The molecule has 2 saturated carbocycles. The highest BCUT2D eigenvalue weighted by molar-refractivity contribution is 5.33. The molecule has 0 heterocycles. The minimum atomic E-state index is -5.33. The van der Waals surface area contributed by atoms with Crippen LogP contribution in [-0.4, -0.2) is 19.5 Å². The van der Waals surface area contributed by atoms with Crippen LogP contribution in [0, 0.1) is 29.4 Å². The molecule has 0 unspecified atom stereocenters. The minimum absolute atomic E-state index is 0.201. The van der Waals surface area contributed by atoms with Crippen LogP contribution < -0.4 is 4.74 Å². The number of hydrogen-bond acceptors (Lipinski definition) is 1. The second-order valence-electron chi connectivity index (χ2n) is 8.54. The minimum Gasteiger partial charge on any atom is -0.457 e. The zero-order chi connectivity index (χ0) is 23.2. The summed E-state index contributed by atoms with van der Waals surface area (Å²) < 4.78 is 96.5. The van der Waals surface area contributed by atoms with Gasteiger partial charge in [-0.15, -0.1) is 0 Å².